The van der Waals surface area contributed by atoms with Crippen LogP contribution in [0.5, 0.6) is 11.5 Å². The van der Waals surface area contributed by atoms with Crippen molar-refractivity contribution in [3.05, 3.63) is 77.6 Å². The molecular weight excluding hydrogens is 457 g/mol. The van der Waals surface area contributed by atoms with Crippen LogP contribution in [0.2, 0.25) is 5.02 Å². The minimum atomic E-state index is -0.328. The summed E-state index contributed by atoms with van der Waals surface area (Å²) in [5, 5.41) is 8.62. The fourth-order valence-electron chi connectivity index (χ4n) is 3.56. The van der Waals surface area contributed by atoms with E-state index in [4.69, 9.17) is 27.8 Å². The van der Waals surface area contributed by atoms with Gasteiger partial charge in [0, 0.05) is 35.8 Å². The smallest absolute Gasteiger partial charge is 0.222 e. The zero-order valence-electron chi connectivity index (χ0n) is 18.0. The van der Waals surface area contributed by atoms with E-state index < -0.39 is 0 Å². The van der Waals surface area contributed by atoms with E-state index >= 15 is 0 Å². The zero-order chi connectivity index (χ0) is 23.8. The van der Waals surface area contributed by atoms with E-state index in [1.807, 2.05) is 25.2 Å². The van der Waals surface area contributed by atoms with E-state index in [9.17, 15) is 4.39 Å². The maximum atomic E-state index is 13.2. The second kappa shape index (κ2) is 8.53. The van der Waals surface area contributed by atoms with Crippen molar-refractivity contribution in [2.24, 2.45) is 7.05 Å². The number of hydrogen-bond donors (Lipinski definition) is 3. The summed E-state index contributed by atoms with van der Waals surface area (Å²) in [4.78, 5) is 8.45. The van der Waals surface area contributed by atoms with E-state index in [1.54, 1.807) is 41.1 Å². The number of rotatable bonds is 5. The molecule has 5 N–H and O–H groups in total. The molecule has 10 heteroatoms. The highest BCUT2D eigenvalue weighted by Crippen LogP contribution is 2.34. The first kappa shape index (κ1) is 21.5. The molecule has 2 heterocycles. The molecule has 0 aliphatic carbocycles. The Balaban J connectivity index is 1.37. The molecule has 0 aliphatic rings. The second-order valence-corrected chi connectivity index (χ2v) is 7.97. The second-order valence-electron chi connectivity index (χ2n) is 7.56. The fourth-order valence-corrected chi connectivity index (χ4v) is 3.78. The fraction of sp³-hybridized carbons (Fsp3) is 0.0417. The van der Waals surface area contributed by atoms with Crippen molar-refractivity contribution in [3.63, 3.8) is 0 Å². The first-order chi connectivity index (χ1) is 16.4. The highest BCUT2D eigenvalue weighted by Gasteiger charge is 2.11. The molecule has 0 amide bonds. The van der Waals surface area contributed by atoms with Crippen LogP contribution in [-0.2, 0) is 7.05 Å². The van der Waals surface area contributed by atoms with E-state index in [0.29, 0.717) is 45.1 Å². The van der Waals surface area contributed by atoms with Crippen molar-refractivity contribution >= 4 is 45.8 Å². The molecule has 170 valence electrons. The van der Waals surface area contributed by atoms with Gasteiger partial charge in [-0.25, -0.2) is 9.37 Å². The summed E-state index contributed by atoms with van der Waals surface area (Å²) in [6.45, 7) is 0. The molecule has 5 rings (SSSR count). The number of fused-ring (bicyclic) bond motifs is 1. The summed E-state index contributed by atoms with van der Waals surface area (Å²) < 4.78 is 20.9. The maximum absolute atomic E-state index is 13.2. The van der Waals surface area contributed by atoms with Gasteiger partial charge in [-0.2, -0.15) is 10.1 Å². The molecule has 34 heavy (non-hydrogen) atoms. The molecule has 2 aromatic heterocycles. The Morgan fingerprint density at radius 1 is 0.971 bits per heavy atom. The maximum Gasteiger partial charge on any atom is 0.222 e. The first-order valence-electron chi connectivity index (χ1n) is 10.2. The van der Waals surface area contributed by atoms with Crippen LogP contribution in [0.15, 0.2) is 66.7 Å². The molecule has 0 radical (unpaired) electrons. The molecule has 0 saturated heterocycles. The summed E-state index contributed by atoms with van der Waals surface area (Å²) in [5.74, 6) is 1.77. The number of nitrogens with two attached hydrogens (primary N) is 2. The number of aromatic nitrogens is 4. The highest BCUT2D eigenvalue weighted by molar-refractivity contribution is 6.32. The molecule has 0 bridgehead atoms. The summed E-state index contributed by atoms with van der Waals surface area (Å²) >= 11 is 6.48. The number of hydrogen-bond acceptors (Lipinski definition) is 7. The van der Waals surface area contributed by atoms with Crippen molar-refractivity contribution in [2.75, 3.05) is 16.8 Å². The summed E-state index contributed by atoms with van der Waals surface area (Å²) in [5.41, 5.74) is 14.6. The Hall–Kier alpha value is -4.37. The van der Waals surface area contributed by atoms with Gasteiger partial charge in [-0.3, -0.25) is 4.68 Å². The Morgan fingerprint density at radius 3 is 2.53 bits per heavy atom. The van der Waals surface area contributed by atoms with Crippen molar-refractivity contribution in [3.8, 4) is 22.8 Å². The summed E-state index contributed by atoms with van der Waals surface area (Å²) in [6.07, 6.45) is 0. The third-order valence-corrected chi connectivity index (χ3v) is 5.46. The number of halogens is 2. The van der Waals surface area contributed by atoms with Crippen molar-refractivity contribution in [1.82, 2.24) is 19.7 Å². The van der Waals surface area contributed by atoms with E-state index in [-0.39, 0.29) is 11.8 Å². The van der Waals surface area contributed by atoms with Crippen LogP contribution >= 0.6 is 11.6 Å². The first-order valence-corrected chi connectivity index (χ1v) is 10.6. The van der Waals surface area contributed by atoms with E-state index in [2.05, 4.69) is 20.4 Å². The Kier molecular flexibility index (Phi) is 5.39. The number of nitrogens with one attached hydrogen (secondary N) is 1. The van der Waals surface area contributed by atoms with Gasteiger partial charge in [0.05, 0.1) is 16.2 Å². The average molecular weight is 476 g/mol. The number of nitrogen functional groups attached to an aromatic ring is 2. The Morgan fingerprint density at radius 2 is 1.76 bits per heavy atom. The standard InChI is InChI=1S/C24H19ClFN7O/c1-33-20-11-16(7-8-17(20)23(27)32-33)34-21-9-6-15(10-18(21)25)29-22-12-19(30-24(28)31-22)13-2-4-14(26)5-3-13/h2-12H,1H3,(H2,27,32)(H3,28,29,30,31). The minimum absolute atomic E-state index is 0.0848. The van der Waals surface area contributed by atoms with Crippen molar-refractivity contribution in [1.29, 1.82) is 0 Å². The number of ether oxygens (including phenoxy) is 1. The largest absolute Gasteiger partial charge is 0.456 e. The lowest BCUT2D eigenvalue weighted by molar-refractivity contribution is 0.483. The van der Waals surface area contributed by atoms with Crippen LogP contribution in [-0.4, -0.2) is 19.7 Å². The van der Waals surface area contributed by atoms with E-state index in [1.165, 1.54) is 12.1 Å². The van der Waals surface area contributed by atoms with Crippen molar-refractivity contribution in [2.45, 2.75) is 0 Å². The van der Waals surface area contributed by atoms with Crippen LogP contribution in [0, 0.1) is 5.82 Å². The van der Waals surface area contributed by atoms with Gasteiger partial charge in [0.1, 0.15) is 23.1 Å². The van der Waals surface area contributed by atoms with Gasteiger partial charge >= 0.3 is 0 Å². The topological polar surface area (TPSA) is 117 Å². The predicted octanol–water partition coefficient (Wildman–Crippen LogP) is 5.52. The lowest BCUT2D eigenvalue weighted by Gasteiger charge is -2.12. The molecule has 0 saturated carbocycles. The van der Waals surface area contributed by atoms with Crippen LogP contribution in [0.4, 0.5) is 27.7 Å². The van der Waals surface area contributed by atoms with Gasteiger partial charge in [-0.05, 0) is 54.6 Å². The van der Waals surface area contributed by atoms with Gasteiger partial charge in [0.2, 0.25) is 5.95 Å². The van der Waals surface area contributed by atoms with Gasteiger partial charge in [0.15, 0.2) is 5.82 Å². The van der Waals surface area contributed by atoms with Crippen LogP contribution in [0.1, 0.15) is 0 Å². The van der Waals surface area contributed by atoms with Gasteiger partial charge in [-0.1, -0.05) is 11.6 Å². The molecule has 0 unspecified atom stereocenters. The zero-order valence-corrected chi connectivity index (χ0v) is 18.7. The third kappa shape index (κ3) is 4.28. The lowest BCUT2D eigenvalue weighted by atomic mass is 10.1. The normalized spacial score (nSPS) is 11.0. The summed E-state index contributed by atoms with van der Waals surface area (Å²) in [6, 6.07) is 18.5. The Bertz CT molecular complexity index is 1520. The molecule has 0 atom stereocenters. The number of anilines is 4. The number of benzene rings is 3. The van der Waals surface area contributed by atoms with Crippen LogP contribution in [0.25, 0.3) is 22.2 Å². The molecule has 5 aromatic rings. The van der Waals surface area contributed by atoms with Gasteiger partial charge < -0.3 is 21.5 Å². The highest BCUT2D eigenvalue weighted by atomic mass is 35.5. The molecule has 0 aliphatic heterocycles. The summed E-state index contributed by atoms with van der Waals surface area (Å²) in [7, 11) is 1.82. The van der Waals surface area contributed by atoms with Gasteiger partial charge in [-0.15, -0.1) is 0 Å². The van der Waals surface area contributed by atoms with Crippen molar-refractivity contribution < 1.29 is 9.13 Å². The molecule has 3 aromatic carbocycles. The molecular formula is C24H19ClFN7O. The van der Waals surface area contributed by atoms with Crippen LogP contribution < -0.4 is 21.5 Å². The SMILES string of the molecule is Cn1nc(N)c2ccc(Oc3ccc(Nc4cc(-c5ccc(F)cc5)nc(N)n4)cc3Cl)cc21. The number of nitrogens with zero attached hydrogens (tertiary/aromatic N) is 4. The quantitative estimate of drug-likeness (QED) is 0.306. The molecule has 8 nitrogen and oxygen atoms in total. The Labute approximate surface area is 199 Å². The minimum Gasteiger partial charge on any atom is -0.456 e. The molecule has 0 fully saturated rings. The third-order valence-electron chi connectivity index (χ3n) is 5.17. The van der Waals surface area contributed by atoms with Gasteiger partial charge in [0.25, 0.3) is 0 Å². The molecule has 0 spiro atoms. The van der Waals surface area contributed by atoms with E-state index in [0.717, 1.165) is 10.9 Å². The monoisotopic (exact) mass is 475 g/mol. The average Bonchev–Trinajstić information content (AvgIpc) is 3.08. The predicted molar refractivity (Wildman–Crippen MR) is 132 cm³/mol. The lowest BCUT2D eigenvalue weighted by Crippen LogP contribution is -2.01. The number of aryl methyl sites for hydroxylation is 1. The van der Waals surface area contributed by atoms with Crippen LogP contribution in [0.3, 0.4) is 0 Å².